The minimum atomic E-state index is -0.196. The highest BCUT2D eigenvalue weighted by molar-refractivity contribution is 9.10. The number of hydrogen-bond donors (Lipinski definition) is 1. The van der Waals surface area contributed by atoms with E-state index in [4.69, 9.17) is 0 Å². The van der Waals surface area contributed by atoms with Crippen molar-refractivity contribution in [2.45, 2.75) is 20.8 Å². The van der Waals surface area contributed by atoms with Crippen LogP contribution in [0.2, 0.25) is 0 Å². The molecule has 1 rings (SSSR count). The second-order valence-electron chi connectivity index (χ2n) is 4.24. The lowest BCUT2D eigenvalue weighted by Crippen LogP contribution is -2.21. The molecule has 0 saturated heterocycles. The molecule has 0 heterocycles. The summed E-state index contributed by atoms with van der Waals surface area (Å²) in [7, 11) is 1.41. The third-order valence-electron chi connectivity index (χ3n) is 2.62. The van der Waals surface area contributed by atoms with Gasteiger partial charge in [0.2, 0.25) is 0 Å². The molecule has 0 aromatic heterocycles. The van der Waals surface area contributed by atoms with Crippen molar-refractivity contribution in [1.29, 1.82) is 0 Å². The smallest absolute Gasteiger partial charge is 0.310 e. The average Bonchev–Trinajstić information content (AvgIpc) is 2.26. The molecular formula is C13H18BrNO2. The largest absolute Gasteiger partial charge is 0.469 e. The van der Waals surface area contributed by atoms with E-state index >= 15 is 0 Å². The molecule has 0 fully saturated rings. The Morgan fingerprint density at radius 2 is 2.12 bits per heavy atom. The third-order valence-corrected chi connectivity index (χ3v) is 3.25. The SMILES string of the molecule is COC(=O)C(C)CNc1c(C)cc(C)cc1Br. The third kappa shape index (κ3) is 3.73. The summed E-state index contributed by atoms with van der Waals surface area (Å²) in [4.78, 5) is 11.3. The lowest BCUT2D eigenvalue weighted by atomic mass is 10.1. The van der Waals surface area contributed by atoms with Crippen LogP contribution in [0, 0.1) is 19.8 Å². The predicted molar refractivity (Wildman–Crippen MR) is 73.3 cm³/mol. The molecule has 1 atom stereocenters. The Balaban J connectivity index is 2.73. The lowest BCUT2D eigenvalue weighted by molar-refractivity contribution is -0.144. The standard InChI is InChI=1S/C13H18BrNO2/c1-8-5-9(2)12(11(14)6-8)15-7-10(3)13(16)17-4/h5-6,10,15H,7H2,1-4H3. The van der Waals surface area contributed by atoms with E-state index in [0.29, 0.717) is 6.54 Å². The van der Waals surface area contributed by atoms with Gasteiger partial charge in [-0.2, -0.15) is 0 Å². The van der Waals surface area contributed by atoms with Crippen LogP contribution in [0.5, 0.6) is 0 Å². The summed E-state index contributed by atoms with van der Waals surface area (Å²) in [6, 6.07) is 4.16. The zero-order valence-electron chi connectivity index (χ0n) is 10.6. The molecule has 1 aromatic carbocycles. The van der Waals surface area contributed by atoms with Crippen molar-refractivity contribution >= 4 is 27.6 Å². The Morgan fingerprint density at radius 1 is 1.47 bits per heavy atom. The van der Waals surface area contributed by atoms with Crippen LogP contribution in [-0.4, -0.2) is 19.6 Å². The fraction of sp³-hybridized carbons (Fsp3) is 0.462. The molecule has 0 amide bonds. The normalized spacial score (nSPS) is 12.1. The number of anilines is 1. The number of carbonyl (C=O) groups excluding carboxylic acids is 1. The van der Waals surface area contributed by atoms with Gasteiger partial charge in [0.25, 0.3) is 0 Å². The van der Waals surface area contributed by atoms with Crippen molar-refractivity contribution in [2.75, 3.05) is 19.0 Å². The highest BCUT2D eigenvalue weighted by atomic mass is 79.9. The number of benzene rings is 1. The first-order valence-electron chi connectivity index (χ1n) is 5.54. The molecule has 0 bridgehead atoms. The maximum absolute atomic E-state index is 11.3. The van der Waals surface area contributed by atoms with Gasteiger partial charge in [-0.3, -0.25) is 4.79 Å². The zero-order valence-corrected chi connectivity index (χ0v) is 12.2. The average molecular weight is 300 g/mol. The van der Waals surface area contributed by atoms with Crippen molar-refractivity contribution in [1.82, 2.24) is 0 Å². The van der Waals surface area contributed by atoms with Crippen LogP contribution in [0.4, 0.5) is 5.69 Å². The molecule has 0 spiro atoms. The summed E-state index contributed by atoms with van der Waals surface area (Å²) in [6.45, 7) is 6.51. The van der Waals surface area contributed by atoms with Gasteiger partial charge in [-0.25, -0.2) is 0 Å². The van der Waals surface area contributed by atoms with E-state index in [2.05, 4.69) is 45.0 Å². The number of ether oxygens (including phenoxy) is 1. The molecular weight excluding hydrogens is 282 g/mol. The number of aryl methyl sites for hydroxylation is 2. The molecule has 0 aliphatic rings. The molecule has 0 aliphatic carbocycles. The van der Waals surface area contributed by atoms with Crippen molar-refractivity contribution in [3.05, 3.63) is 27.7 Å². The quantitative estimate of drug-likeness (QED) is 0.867. The Bertz CT molecular complexity index is 395. The van der Waals surface area contributed by atoms with E-state index in [1.807, 2.05) is 13.8 Å². The first kappa shape index (κ1) is 14.0. The highest BCUT2D eigenvalue weighted by Gasteiger charge is 2.13. The number of nitrogens with one attached hydrogen (secondary N) is 1. The molecule has 0 radical (unpaired) electrons. The van der Waals surface area contributed by atoms with Crippen molar-refractivity contribution in [3.8, 4) is 0 Å². The molecule has 17 heavy (non-hydrogen) atoms. The molecule has 1 N–H and O–H groups in total. The Labute approximate surface area is 111 Å². The number of hydrogen-bond acceptors (Lipinski definition) is 3. The van der Waals surface area contributed by atoms with Gasteiger partial charge in [0, 0.05) is 11.0 Å². The fourth-order valence-electron chi connectivity index (χ4n) is 1.68. The number of esters is 1. The van der Waals surface area contributed by atoms with Crippen LogP contribution >= 0.6 is 15.9 Å². The van der Waals surface area contributed by atoms with Gasteiger partial charge < -0.3 is 10.1 Å². The van der Waals surface area contributed by atoms with E-state index in [-0.39, 0.29) is 11.9 Å². The number of rotatable bonds is 4. The van der Waals surface area contributed by atoms with E-state index in [1.54, 1.807) is 0 Å². The maximum Gasteiger partial charge on any atom is 0.310 e. The second-order valence-corrected chi connectivity index (χ2v) is 5.10. The number of halogens is 1. The van der Waals surface area contributed by atoms with E-state index in [1.165, 1.54) is 12.7 Å². The van der Waals surface area contributed by atoms with Crippen LogP contribution in [-0.2, 0) is 9.53 Å². The van der Waals surface area contributed by atoms with Crippen LogP contribution in [0.25, 0.3) is 0 Å². The van der Waals surface area contributed by atoms with Gasteiger partial charge in [-0.15, -0.1) is 0 Å². The Hall–Kier alpha value is -1.03. The summed E-state index contributed by atoms with van der Waals surface area (Å²) in [5.41, 5.74) is 3.40. The lowest BCUT2D eigenvalue weighted by Gasteiger charge is -2.15. The number of methoxy groups -OCH3 is 1. The van der Waals surface area contributed by atoms with Gasteiger partial charge in [-0.05, 0) is 47.0 Å². The molecule has 1 aromatic rings. The van der Waals surface area contributed by atoms with Gasteiger partial charge in [0.15, 0.2) is 0 Å². The summed E-state index contributed by atoms with van der Waals surface area (Å²) >= 11 is 3.52. The minimum Gasteiger partial charge on any atom is -0.469 e. The monoisotopic (exact) mass is 299 g/mol. The molecule has 0 saturated carbocycles. The van der Waals surface area contributed by atoms with Crippen molar-refractivity contribution < 1.29 is 9.53 Å². The molecule has 94 valence electrons. The Morgan fingerprint density at radius 3 is 2.65 bits per heavy atom. The van der Waals surface area contributed by atoms with Crippen LogP contribution < -0.4 is 5.32 Å². The van der Waals surface area contributed by atoms with Crippen molar-refractivity contribution in [3.63, 3.8) is 0 Å². The fourth-order valence-corrected chi connectivity index (χ4v) is 2.49. The summed E-state index contributed by atoms with van der Waals surface area (Å²) in [5.74, 6) is -0.356. The van der Waals surface area contributed by atoms with E-state index < -0.39 is 0 Å². The Kier molecular flexibility index (Phi) is 5.00. The topological polar surface area (TPSA) is 38.3 Å². The predicted octanol–water partition coefficient (Wildman–Crippen LogP) is 3.29. The minimum absolute atomic E-state index is 0.160. The van der Waals surface area contributed by atoms with Gasteiger partial charge >= 0.3 is 5.97 Å². The van der Waals surface area contributed by atoms with Gasteiger partial charge in [0.05, 0.1) is 18.7 Å². The van der Waals surface area contributed by atoms with Gasteiger partial charge in [0.1, 0.15) is 0 Å². The summed E-state index contributed by atoms with van der Waals surface area (Å²) in [5, 5.41) is 3.28. The molecule has 0 aliphatic heterocycles. The first-order valence-corrected chi connectivity index (χ1v) is 6.33. The van der Waals surface area contributed by atoms with Gasteiger partial charge in [-0.1, -0.05) is 13.0 Å². The van der Waals surface area contributed by atoms with Crippen LogP contribution in [0.1, 0.15) is 18.1 Å². The first-order chi connectivity index (χ1) is 7.95. The van der Waals surface area contributed by atoms with E-state index in [9.17, 15) is 4.79 Å². The number of carbonyl (C=O) groups is 1. The molecule has 4 heteroatoms. The van der Waals surface area contributed by atoms with Crippen LogP contribution in [0.3, 0.4) is 0 Å². The maximum atomic E-state index is 11.3. The molecule has 3 nitrogen and oxygen atoms in total. The molecule has 1 unspecified atom stereocenters. The summed E-state index contributed by atoms with van der Waals surface area (Å²) < 4.78 is 5.71. The highest BCUT2D eigenvalue weighted by Crippen LogP contribution is 2.27. The zero-order chi connectivity index (χ0) is 13.0. The summed E-state index contributed by atoms with van der Waals surface area (Å²) in [6.07, 6.45) is 0. The van der Waals surface area contributed by atoms with E-state index in [0.717, 1.165) is 15.7 Å². The second kappa shape index (κ2) is 6.05. The van der Waals surface area contributed by atoms with Crippen LogP contribution in [0.15, 0.2) is 16.6 Å². The van der Waals surface area contributed by atoms with Crippen molar-refractivity contribution in [2.24, 2.45) is 5.92 Å².